The summed E-state index contributed by atoms with van der Waals surface area (Å²) in [6, 6.07) is 0. The Morgan fingerprint density at radius 2 is 1.90 bits per heavy atom. The molecule has 0 aromatic rings. The highest BCUT2D eigenvalue weighted by atomic mass is 16.5. The molecule has 124 valence electrons. The number of methoxy groups -OCH3 is 1. The van der Waals surface area contributed by atoms with Crippen molar-refractivity contribution in [1.29, 1.82) is 0 Å². The molecule has 1 rings (SSSR count). The smallest absolute Gasteiger partial charge is 0.220 e. The van der Waals surface area contributed by atoms with E-state index in [4.69, 9.17) is 4.74 Å². The van der Waals surface area contributed by atoms with Crippen molar-refractivity contribution < 1.29 is 14.6 Å². The van der Waals surface area contributed by atoms with Gasteiger partial charge in [-0.1, -0.05) is 39.0 Å². The van der Waals surface area contributed by atoms with Crippen LogP contribution in [0.2, 0.25) is 0 Å². The molecule has 0 aliphatic heterocycles. The molecule has 4 heteroatoms. The van der Waals surface area contributed by atoms with E-state index < -0.39 is 0 Å². The molecule has 1 aliphatic carbocycles. The van der Waals surface area contributed by atoms with Gasteiger partial charge in [0.1, 0.15) is 0 Å². The monoisotopic (exact) mass is 299 g/mol. The lowest BCUT2D eigenvalue weighted by Gasteiger charge is -2.32. The standard InChI is InChI=1S/C17H33NO3/c1-3-4-5-6-7-8-9-17(20)18-13-14-10-11-15(19)16(12-14)21-2/h14-16,19H,3-13H2,1-2H3,(H,18,20). The van der Waals surface area contributed by atoms with Crippen LogP contribution in [0.25, 0.3) is 0 Å². The summed E-state index contributed by atoms with van der Waals surface area (Å²) in [6.07, 6.45) is 10.1. The number of carbonyl (C=O) groups excluding carboxylic acids is 1. The fraction of sp³-hybridized carbons (Fsp3) is 0.941. The Morgan fingerprint density at radius 3 is 2.62 bits per heavy atom. The Morgan fingerprint density at radius 1 is 1.19 bits per heavy atom. The number of rotatable bonds is 10. The molecule has 0 aromatic heterocycles. The van der Waals surface area contributed by atoms with Gasteiger partial charge in [-0.15, -0.1) is 0 Å². The van der Waals surface area contributed by atoms with Crippen LogP contribution in [0.3, 0.4) is 0 Å². The Kier molecular flexibility index (Phi) is 9.68. The zero-order valence-corrected chi connectivity index (χ0v) is 13.8. The summed E-state index contributed by atoms with van der Waals surface area (Å²) in [4.78, 5) is 11.8. The van der Waals surface area contributed by atoms with Crippen molar-refractivity contribution in [3.05, 3.63) is 0 Å². The lowest BCUT2D eigenvalue weighted by atomic mass is 9.85. The summed E-state index contributed by atoms with van der Waals surface area (Å²) in [5, 5.41) is 12.8. The molecule has 2 N–H and O–H groups in total. The maximum atomic E-state index is 11.8. The van der Waals surface area contributed by atoms with Gasteiger partial charge in [-0.05, 0) is 31.6 Å². The Balaban J connectivity index is 2.05. The molecule has 1 fully saturated rings. The molecule has 0 saturated heterocycles. The summed E-state index contributed by atoms with van der Waals surface area (Å²) in [6.45, 7) is 2.94. The number of carbonyl (C=O) groups is 1. The van der Waals surface area contributed by atoms with E-state index in [-0.39, 0.29) is 18.1 Å². The van der Waals surface area contributed by atoms with Crippen molar-refractivity contribution >= 4 is 5.91 Å². The van der Waals surface area contributed by atoms with Gasteiger partial charge in [0.15, 0.2) is 0 Å². The van der Waals surface area contributed by atoms with Crippen LogP contribution in [0, 0.1) is 5.92 Å². The molecule has 21 heavy (non-hydrogen) atoms. The average Bonchev–Trinajstić information content (AvgIpc) is 2.50. The summed E-state index contributed by atoms with van der Waals surface area (Å²) in [5.41, 5.74) is 0. The number of aliphatic hydroxyl groups excluding tert-OH is 1. The van der Waals surface area contributed by atoms with Gasteiger partial charge < -0.3 is 15.2 Å². The van der Waals surface area contributed by atoms with Crippen LogP contribution < -0.4 is 5.32 Å². The van der Waals surface area contributed by atoms with Crippen LogP contribution in [-0.2, 0) is 9.53 Å². The van der Waals surface area contributed by atoms with E-state index in [9.17, 15) is 9.90 Å². The van der Waals surface area contributed by atoms with E-state index in [1.165, 1.54) is 25.7 Å². The van der Waals surface area contributed by atoms with Crippen LogP contribution in [-0.4, -0.2) is 36.9 Å². The third-order valence-electron chi connectivity index (χ3n) is 4.51. The van der Waals surface area contributed by atoms with Crippen LogP contribution in [0.4, 0.5) is 0 Å². The molecule has 1 amide bonds. The SMILES string of the molecule is CCCCCCCCC(=O)NCC1CCC(O)C(OC)C1. The highest BCUT2D eigenvalue weighted by molar-refractivity contribution is 5.75. The quantitative estimate of drug-likeness (QED) is 0.610. The second-order valence-corrected chi connectivity index (χ2v) is 6.34. The lowest BCUT2D eigenvalue weighted by Crippen LogP contribution is -2.39. The minimum absolute atomic E-state index is 0.0702. The number of ether oxygens (including phenoxy) is 1. The fourth-order valence-corrected chi connectivity index (χ4v) is 3.05. The van der Waals surface area contributed by atoms with Gasteiger partial charge in [-0.2, -0.15) is 0 Å². The van der Waals surface area contributed by atoms with Gasteiger partial charge in [0.2, 0.25) is 5.91 Å². The zero-order valence-electron chi connectivity index (χ0n) is 13.8. The number of hydrogen-bond donors (Lipinski definition) is 2. The van der Waals surface area contributed by atoms with Gasteiger partial charge in [0.05, 0.1) is 12.2 Å². The third-order valence-corrected chi connectivity index (χ3v) is 4.51. The maximum absolute atomic E-state index is 11.8. The lowest BCUT2D eigenvalue weighted by molar-refractivity contribution is -0.121. The molecule has 3 unspecified atom stereocenters. The van der Waals surface area contributed by atoms with Crippen molar-refractivity contribution in [2.45, 2.75) is 83.3 Å². The van der Waals surface area contributed by atoms with Gasteiger partial charge in [0.25, 0.3) is 0 Å². The van der Waals surface area contributed by atoms with E-state index in [1.807, 2.05) is 0 Å². The highest BCUT2D eigenvalue weighted by Gasteiger charge is 2.29. The van der Waals surface area contributed by atoms with Gasteiger partial charge in [0, 0.05) is 20.1 Å². The van der Waals surface area contributed by atoms with E-state index in [1.54, 1.807) is 7.11 Å². The average molecular weight is 299 g/mol. The second-order valence-electron chi connectivity index (χ2n) is 6.34. The molecule has 1 saturated carbocycles. The van der Waals surface area contributed by atoms with Crippen molar-refractivity contribution in [3.8, 4) is 0 Å². The molecule has 4 nitrogen and oxygen atoms in total. The van der Waals surface area contributed by atoms with Crippen molar-refractivity contribution in [1.82, 2.24) is 5.32 Å². The first-order valence-corrected chi connectivity index (χ1v) is 8.65. The Labute approximate surface area is 129 Å². The van der Waals surface area contributed by atoms with Crippen molar-refractivity contribution in [2.24, 2.45) is 5.92 Å². The van der Waals surface area contributed by atoms with E-state index in [2.05, 4.69) is 12.2 Å². The first-order chi connectivity index (χ1) is 10.2. The summed E-state index contributed by atoms with van der Waals surface area (Å²) < 4.78 is 5.29. The normalized spacial score (nSPS) is 25.8. The van der Waals surface area contributed by atoms with E-state index in [0.29, 0.717) is 12.3 Å². The fourth-order valence-electron chi connectivity index (χ4n) is 3.05. The van der Waals surface area contributed by atoms with Crippen molar-refractivity contribution in [3.63, 3.8) is 0 Å². The number of amides is 1. The molecular weight excluding hydrogens is 266 g/mol. The Hall–Kier alpha value is -0.610. The maximum Gasteiger partial charge on any atom is 0.220 e. The number of unbranched alkanes of at least 4 members (excludes halogenated alkanes) is 5. The molecular formula is C17H33NO3. The number of aliphatic hydroxyl groups is 1. The zero-order chi connectivity index (χ0) is 15.5. The third kappa shape index (κ3) is 7.82. The highest BCUT2D eigenvalue weighted by Crippen LogP contribution is 2.25. The minimum Gasteiger partial charge on any atom is -0.390 e. The first-order valence-electron chi connectivity index (χ1n) is 8.65. The molecule has 0 aromatic carbocycles. The predicted molar refractivity (Wildman–Crippen MR) is 85.1 cm³/mol. The van der Waals surface area contributed by atoms with Gasteiger partial charge in [-0.3, -0.25) is 4.79 Å². The Bertz CT molecular complexity index is 283. The summed E-state index contributed by atoms with van der Waals surface area (Å²) in [5.74, 6) is 0.609. The molecule has 0 heterocycles. The van der Waals surface area contributed by atoms with E-state index in [0.717, 1.165) is 38.6 Å². The first kappa shape index (κ1) is 18.4. The molecule has 3 atom stereocenters. The molecule has 0 spiro atoms. The topological polar surface area (TPSA) is 58.6 Å². The molecule has 0 radical (unpaired) electrons. The van der Waals surface area contributed by atoms with Gasteiger partial charge in [-0.25, -0.2) is 0 Å². The van der Waals surface area contributed by atoms with Crippen LogP contribution in [0.15, 0.2) is 0 Å². The van der Waals surface area contributed by atoms with Crippen LogP contribution >= 0.6 is 0 Å². The number of nitrogens with one attached hydrogen (secondary N) is 1. The largest absolute Gasteiger partial charge is 0.390 e. The van der Waals surface area contributed by atoms with Gasteiger partial charge >= 0.3 is 0 Å². The summed E-state index contributed by atoms with van der Waals surface area (Å²) >= 11 is 0. The predicted octanol–water partition coefficient (Wildman–Crippen LogP) is 3.03. The molecule has 0 bridgehead atoms. The van der Waals surface area contributed by atoms with Crippen LogP contribution in [0.5, 0.6) is 0 Å². The summed E-state index contributed by atoms with van der Waals surface area (Å²) in [7, 11) is 1.65. The number of hydrogen-bond acceptors (Lipinski definition) is 3. The minimum atomic E-state index is -0.343. The molecule has 1 aliphatic rings. The second kappa shape index (κ2) is 11.0. The van der Waals surface area contributed by atoms with Crippen molar-refractivity contribution in [2.75, 3.05) is 13.7 Å². The van der Waals surface area contributed by atoms with E-state index >= 15 is 0 Å². The van der Waals surface area contributed by atoms with Crippen LogP contribution in [0.1, 0.15) is 71.1 Å².